The highest BCUT2D eigenvalue weighted by molar-refractivity contribution is 6.07. The molecule has 1 aliphatic rings. The van der Waals surface area contributed by atoms with Crippen molar-refractivity contribution in [3.05, 3.63) is 126 Å². The first-order valence-electron chi connectivity index (χ1n) is 11.8. The molecule has 4 aromatic rings. The van der Waals surface area contributed by atoms with Gasteiger partial charge >= 0.3 is 6.03 Å². The Labute approximate surface area is 207 Å². The van der Waals surface area contributed by atoms with Crippen molar-refractivity contribution in [2.45, 2.75) is 25.0 Å². The molecule has 0 spiro atoms. The molecule has 1 atom stereocenters. The Hall–Kier alpha value is -4.33. The molecule has 0 radical (unpaired) electrons. The van der Waals surface area contributed by atoms with Crippen molar-refractivity contribution in [3.8, 4) is 0 Å². The van der Waals surface area contributed by atoms with Crippen LogP contribution in [0.25, 0.3) is 0 Å². The van der Waals surface area contributed by atoms with Crippen LogP contribution >= 0.6 is 0 Å². The zero-order valence-electron chi connectivity index (χ0n) is 19.5. The number of nitrogens with zero attached hydrogens (tertiary/aromatic N) is 4. The molecule has 0 saturated carbocycles. The van der Waals surface area contributed by atoms with Crippen molar-refractivity contribution >= 4 is 11.9 Å². The maximum atomic E-state index is 15.0. The Morgan fingerprint density at radius 2 is 1.61 bits per heavy atom. The molecule has 2 heterocycles. The van der Waals surface area contributed by atoms with Crippen LogP contribution in [0.15, 0.2) is 103 Å². The van der Waals surface area contributed by atoms with Gasteiger partial charge < -0.3 is 9.47 Å². The number of hydrogen-bond donors (Lipinski definition) is 1. The third kappa shape index (κ3) is 4.88. The van der Waals surface area contributed by atoms with E-state index >= 15 is 4.39 Å². The fourth-order valence-electron chi connectivity index (χ4n) is 4.49. The lowest BCUT2D eigenvalue weighted by Crippen LogP contribution is -2.31. The molecule has 1 aliphatic heterocycles. The molecule has 5 rings (SSSR count). The number of halogens is 2. The Bertz CT molecular complexity index is 1300. The highest BCUT2D eigenvalue weighted by Crippen LogP contribution is 2.33. The van der Waals surface area contributed by atoms with Gasteiger partial charge in [0, 0.05) is 31.0 Å². The van der Waals surface area contributed by atoms with Gasteiger partial charge in [0.25, 0.3) is 0 Å². The number of aliphatic imine (C=N–C) groups is 1. The summed E-state index contributed by atoms with van der Waals surface area (Å²) in [6, 6.07) is 21.7. The number of amides is 2. The first kappa shape index (κ1) is 23.4. The summed E-state index contributed by atoms with van der Waals surface area (Å²) in [4.78, 5) is 23.6. The van der Waals surface area contributed by atoms with Gasteiger partial charge in [-0.2, -0.15) is 0 Å². The molecule has 36 heavy (non-hydrogen) atoms. The minimum Gasteiger partial charge on any atom is -0.337 e. The Kier molecular flexibility index (Phi) is 6.84. The highest BCUT2D eigenvalue weighted by atomic mass is 19.2. The standard InChI is InChI=1S/C28H25F2N5O/c29-23-14-7-13-22(24(23)30)26-27(33-28(36)35(26)17-8-16-34-18-15-31-19-34)32-25(20-9-3-1-4-10-20)21-11-5-2-6-12-21/h1-7,9-15,18-19,25-26H,8,16-17H2,(H,32,33,36). The lowest BCUT2D eigenvalue weighted by molar-refractivity contribution is 0.203. The van der Waals surface area contributed by atoms with Crippen molar-refractivity contribution in [1.29, 1.82) is 0 Å². The number of rotatable bonds is 8. The number of aryl methyl sites for hydroxylation is 1. The zero-order valence-corrected chi connectivity index (χ0v) is 19.5. The second-order valence-electron chi connectivity index (χ2n) is 8.56. The molecule has 2 amide bonds. The first-order chi connectivity index (χ1) is 17.6. The van der Waals surface area contributed by atoms with Crippen molar-refractivity contribution < 1.29 is 13.6 Å². The number of amidine groups is 1. The lowest BCUT2D eigenvalue weighted by Gasteiger charge is -2.24. The van der Waals surface area contributed by atoms with Crippen LogP contribution < -0.4 is 5.32 Å². The summed E-state index contributed by atoms with van der Waals surface area (Å²) in [5.74, 6) is -1.67. The van der Waals surface area contributed by atoms with E-state index < -0.39 is 29.7 Å². The van der Waals surface area contributed by atoms with E-state index in [2.05, 4.69) is 10.3 Å². The van der Waals surface area contributed by atoms with Crippen LogP contribution in [0.2, 0.25) is 0 Å². The summed E-state index contributed by atoms with van der Waals surface area (Å²) in [5, 5.41) is 2.84. The van der Waals surface area contributed by atoms with E-state index in [0.29, 0.717) is 19.5 Å². The lowest BCUT2D eigenvalue weighted by atomic mass is 9.98. The monoisotopic (exact) mass is 485 g/mol. The minimum absolute atomic E-state index is 0.0644. The van der Waals surface area contributed by atoms with E-state index in [1.807, 2.05) is 71.4 Å². The van der Waals surface area contributed by atoms with Crippen molar-refractivity contribution in [1.82, 2.24) is 19.8 Å². The predicted octanol–water partition coefficient (Wildman–Crippen LogP) is 5.51. The number of hydrogen-bond acceptors (Lipinski definition) is 3. The maximum Gasteiger partial charge on any atom is 0.323 e. The molecule has 1 aromatic heterocycles. The number of imidazole rings is 1. The first-order valence-corrected chi connectivity index (χ1v) is 11.8. The summed E-state index contributed by atoms with van der Waals surface area (Å²) in [6.07, 6.45) is 5.83. The third-order valence-corrected chi connectivity index (χ3v) is 6.22. The Morgan fingerprint density at radius 3 is 2.25 bits per heavy atom. The molecular formula is C28H25F2N5O. The van der Waals surface area contributed by atoms with Crippen LogP contribution in [0.4, 0.5) is 13.6 Å². The molecule has 1 saturated heterocycles. The van der Waals surface area contributed by atoms with E-state index in [9.17, 15) is 9.18 Å². The number of aromatic nitrogens is 2. The summed E-state index contributed by atoms with van der Waals surface area (Å²) >= 11 is 0. The quantitative estimate of drug-likeness (QED) is 0.358. The highest BCUT2D eigenvalue weighted by Gasteiger charge is 2.40. The summed E-state index contributed by atoms with van der Waals surface area (Å²) in [6.45, 7) is 0.955. The van der Waals surface area contributed by atoms with Crippen LogP contribution in [0.5, 0.6) is 0 Å². The maximum absolute atomic E-state index is 15.0. The van der Waals surface area contributed by atoms with E-state index in [-0.39, 0.29) is 11.4 Å². The van der Waals surface area contributed by atoms with Gasteiger partial charge in [-0.1, -0.05) is 72.8 Å². The molecule has 1 fully saturated rings. The molecular weight excluding hydrogens is 460 g/mol. The molecule has 8 heteroatoms. The molecule has 0 bridgehead atoms. The zero-order chi connectivity index (χ0) is 24.9. The number of benzene rings is 3. The molecule has 0 aliphatic carbocycles. The number of urea groups is 1. The third-order valence-electron chi connectivity index (χ3n) is 6.22. The second-order valence-corrected chi connectivity index (χ2v) is 8.56. The second kappa shape index (κ2) is 10.5. The van der Waals surface area contributed by atoms with Crippen LogP contribution in [-0.4, -0.2) is 32.9 Å². The summed E-state index contributed by atoms with van der Waals surface area (Å²) < 4.78 is 31.2. The van der Waals surface area contributed by atoms with Crippen molar-refractivity contribution in [2.24, 2.45) is 4.99 Å². The van der Waals surface area contributed by atoms with E-state index in [1.165, 1.54) is 17.0 Å². The fraction of sp³-hybridized carbons (Fsp3) is 0.179. The van der Waals surface area contributed by atoms with Gasteiger partial charge in [-0.3, -0.25) is 10.3 Å². The Morgan fingerprint density at radius 1 is 0.917 bits per heavy atom. The van der Waals surface area contributed by atoms with Gasteiger partial charge in [0.15, 0.2) is 11.6 Å². The van der Waals surface area contributed by atoms with Gasteiger partial charge in [-0.25, -0.2) is 18.6 Å². The van der Waals surface area contributed by atoms with Crippen LogP contribution in [0.3, 0.4) is 0 Å². The topological polar surface area (TPSA) is 62.5 Å². The van der Waals surface area contributed by atoms with Gasteiger partial charge in [0.2, 0.25) is 0 Å². The SMILES string of the molecule is O=C1NC(=NC(c2ccccc2)c2ccccc2)C(c2cccc(F)c2F)N1CCCn1ccnc1. The number of carbonyl (C=O) groups is 1. The van der Waals surface area contributed by atoms with Crippen LogP contribution in [0, 0.1) is 11.6 Å². The molecule has 6 nitrogen and oxygen atoms in total. The average Bonchev–Trinajstić information content (AvgIpc) is 3.53. The number of carbonyl (C=O) groups excluding carboxylic acids is 1. The molecule has 182 valence electrons. The average molecular weight is 486 g/mol. The van der Waals surface area contributed by atoms with Gasteiger partial charge in [0.1, 0.15) is 17.9 Å². The largest absolute Gasteiger partial charge is 0.337 e. The van der Waals surface area contributed by atoms with E-state index in [0.717, 1.165) is 17.2 Å². The van der Waals surface area contributed by atoms with Gasteiger partial charge in [-0.05, 0) is 23.6 Å². The number of nitrogens with one attached hydrogen (secondary N) is 1. The Balaban J connectivity index is 1.54. The molecule has 3 aromatic carbocycles. The smallest absolute Gasteiger partial charge is 0.323 e. The van der Waals surface area contributed by atoms with Crippen LogP contribution in [0.1, 0.15) is 35.2 Å². The molecule has 1 N–H and O–H groups in total. The minimum atomic E-state index is -0.984. The van der Waals surface area contributed by atoms with E-state index in [4.69, 9.17) is 4.99 Å². The summed E-state index contributed by atoms with van der Waals surface area (Å²) in [5.41, 5.74) is 1.90. The summed E-state index contributed by atoms with van der Waals surface area (Å²) in [7, 11) is 0. The van der Waals surface area contributed by atoms with E-state index in [1.54, 1.807) is 12.5 Å². The van der Waals surface area contributed by atoms with Gasteiger partial charge in [-0.15, -0.1) is 0 Å². The van der Waals surface area contributed by atoms with Gasteiger partial charge in [0.05, 0.1) is 6.33 Å². The fourth-order valence-corrected chi connectivity index (χ4v) is 4.49. The van der Waals surface area contributed by atoms with Crippen molar-refractivity contribution in [2.75, 3.05) is 6.54 Å². The van der Waals surface area contributed by atoms with Crippen LogP contribution in [-0.2, 0) is 6.54 Å². The predicted molar refractivity (Wildman–Crippen MR) is 133 cm³/mol. The van der Waals surface area contributed by atoms with Crippen molar-refractivity contribution in [3.63, 3.8) is 0 Å². The molecule has 1 unspecified atom stereocenters. The normalized spacial score (nSPS) is 16.6.